The molecule has 0 radical (unpaired) electrons. The lowest BCUT2D eigenvalue weighted by Crippen LogP contribution is -2.11. The van der Waals surface area contributed by atoms with Crippen LogP contribution in [0.1, 0.15) is 16.7 Å². The molecule has 0 unspecified atom stereocenters. The SMILES string of the molecule is COc1cccc(COCc2cccc(C(=N)N)c2)c1. The Balaban J connectivity index is 1.92. The summed E-state index contributed by atoms with van der Waals surface area (Å²) in [6.07, 6.45) is 0. The molecule has 0 heterocycles. The van der Waals surface area contributed by atoms with Crippen LogP contribution in [0.25, 0.3) is 0 Å². The minimum Gasteiger partial charge on any atom is -0.497 e. The molecule has 0 aliphatic carbocycles. The van der Waals surface area contributed by atoms with E-state index < -0.39 is 0 Å². The van der Waals surface area contributed by atoms with Crippen molar-refractivity contribution in [2.75, 3.05) is 7.11 Å². The monoisotopic (exact) mass is 270 g/mol. The van der Waals surface area contributed by atoms with Crippen LogP contribution >= 0.6 is 0 Å². The van der Waals surface area contributed by atoms with Gasteiger partial charge in [0.05, 0.1) is 20.3 Å². The Labute approximate surface area is 118 Å². The molecule has 0 aliphatic rings. The first-order chi connectivity index (χ1) is 9.69. The number of amidine groups is 1. The summed E-state index contributed by atoms with van der Waals surface area (Å²) in [7, 11) is 1.65. The topological polar surface area (TPSA) is 68.3 Å². The summed E-state index contributed by atoms with van der Waals surface area (Å²) in [5.74, 6) is 0.893. The minimum atomic E-state index is 0.0691. The average molecular weight is 270 g/mol. The lowest BCUT2D eigenvalue weighted by Gasteiger charge is -2.07. The van der Waals surface area contributed by atoms with Crippen molar-refractivity contribution in [3.05, 3.63) is 65.2 Å². The van der Waals surface area contributed by atoms with Crippen molar-refractivity contribution in [2.24, 2.45) is 5.73 Å². The van der Waals surface area contributed by atoms with Gasteiger partial charge in [-0.3, -0.25) is 5.41 Å². The van der Waals surface area contributed by atoms with Crippen LogP contribution in [0.5, 0.6) is 5.75 Å². The predicted molar refractivity (Wildman–Crippen MR) is 78.9 cm³/mol. The van der Waals surface area contributed by atoms with Gasteiger partial charge in [0.1, 0.15) is 11.6 Å². The van der Waals surface area contributed by atoms with Gasteiger partial charge < -0.3 is 15.2 Å². The fraction of sp³-hybridized carbons (Fsp3) is 0.188. The first-order valence-electron chi connectivity index (χ1n) is 6.33. The second-order valence-corrected chi connectivity index (χ2v) is 4.46. The Hall–Kier alpha value is -2.33. The molecular formula is C16H18N2O2. The van der Waals surface area contributed by atoms with Crippen LogP contribution in [0, 0.1) is 5.41 Å². The molecule has 0 atom stereocenters. The summed E-state index contributed by atoms with van der Waals surface area (Å²) in [5, 5.41) is 7.41. The van der Waals surface area contributed by atoms with Crippen molar-refractivity contribution in [1.82, 2.24) is 0 Å². The van der Waals surface area contributed by atoms with Crippen LogP contribution in [0.15, 0.2) is 48.5 Å². The van der Waals surface area contributed by atoms with Crippen LogP contribution < -0.4 is 10.5 Å². The van der Waals surface area contributed by atoms with Gasteiger partial charge in [-0.15, -0.1) is 0 Å². The molecule has 2 aromatic rings. The second-order valence-electron chi connectivity index (χ2n) is 4.46. The van der Waals surface area contributed by atoms with Gasteiger partial charge in [0.25, 0.3) is 0 Å². The Kier molecular flexibility index (Phi) is 4.74. The number of nitrogen functional groups attached to an aromatic ring is 1. The fourth-order valence-electron chi connectivity index (χ4n) is 1.88. The standard InChI is InChI=1S/C16H18N2O2/c1-19-15-7-3-5-13(9-15)11-20-10-12-4-2-6-14(8-12)16(17)18/h2-9H,10-11H2,1H3,(H3,17,18). The maximum Gasteiger partial charge on any atom is 0.122 e. The second kappa shape index (κ2) is 6.73. The van der Waals surface area contributed by atoms with Gasteiger partial charge >= 0.3 is 0 Å². The summed E-state index contributed by atoms with van der Waals surface area (Å²) in [5.41, 5.74) is 8.24. The van der Waals surface area contributed by atoms with Crippen molar-refractivity contribution in [2.45, 2.75) is 13.2 Å². The number of methoxy groups -OCH3 is 1. The van der Waals surface area contributed by atoms with E-state index in [1.165, 1.54) is 0 Å². The third kappa shape index (κ3) is 3.83. The highest BCUT2D eigenvalue weighted by Gasteiger charge is 2.00. The zero-order valence-corrected chi connectivity index (χ0v) is 11.4. The maximum absolute atomic E-state index is 7.41. The molecule has 0 aliphatic heterocycles. The number of rotatable bonds is 6. The minimum absolute atomic E-state index is 0.0691. The summed E-state index contributed by atoms with van der Waals surface area (Å²) < 4.78 is 10.8. The smallest absolute Gasteiger partial charge is 0.122 e. The predicted octanol–water partition coefficient (Wildman–Crippen LogP) is 2.70. The Bertz CT molecular complexity index is 597. The summed E-state index contributed by atoms with van der Waals surface area (Å²) in [6.45, 7) is 1.000. The summed E-state index contributed by atoms with van der Waals surface area (Å²) in [6, 6.07) is 15.3. The van der Waals surface area contributed by atoms with Gasteiger partial charge in [-0.1, -0.05) is 30.3 Å². The first kappa shape index (κ1) is 14.1. The lowest BCUT2D eigenvalue weighted by molar-refractivity contribution is 0.107. The Morgan fingerprint density at radius 2 is 1.70 bits per heavy atom. The van der Waals surface area contributed by atoms with Gasteiger partial charge in [0, 0.05) is 5.56 Å². The molecule has 3 N–H and O–H groups in total. The molecule has 20 heavy (non-hydrogen) atoms. The number of hydrogen-bond donors (Lipinski definition) is 2. The normalized spacial score (nSPS) is 10.2. The first-order valence-corrected chi connectivity index (χ1v) is 6.33. The summed E-state index contributed by atoms with van der Waals surface area (Å²) in [4.78, 5) is 0. The van der Waals surface area contributed by atoms with Gasteiger partial charge in [-0.25, -0.2) is 0 Å². The number of benzene rings is 2. The van der Waals surface area contributed by atoms with Gasteiger partial charge in [0.15, 0.2) is 0 Å². The van der Waals surface area contributed by atoms with Crippen molar-refractivity contribution in [3.63, 3.8) is 0 Å². The molecular weight excluding hydrogens is 252 g/mol. The molecule has 0 amide bonds. The van der Waals surface area contributed by atoms with E-state index in [1.54, 1.807) is 7.11 Å². The fourth-order valence-corrected chi connectivity index (χ4v) is 1.88. The highest BCUT2D eigenvalue weighted by molar-refractivity contribution is 5.95. The molecule has 4 heteroatoms. The Morgan fingerprint density at radius 1 is 1.05 bits per heavy atom. The van der Waals surface area contributed by atoms with Crippen molar-refractivity contribution >= 4 is 5.84 Å². The van der Waals surface area contributed by atoms with Gasteiger partial charge in [-0.2, -0.15) is 0 Å². The average Bonchev–Trinajstić information content (AvgIpc) is 2.48. The van der Waals surface area contributed by atoms with Crippen LogP contribution in [0.3, 0.4) is 0 Å². The lowest BCUT2D eigenvalue weighted by atomic mass is 10.1. The zero-order chi connectivity index (χ0) is 14.4. The van der Waals surface area contributed by atoms with Crippen molar-refractivity contribution in [1.29, 1.82) is 5.41 Å². The number of ether oxygens (including phenoxy) is 2. The van der Waals surface area contributed by atoms with E-state index in [4.69, 9.17) is 20.6 Å². The molecule has 0 saturated heterocycles. The molecule has 2 rings (SSSR count). The van der Waals surface area contributed by atoms with Gasteiger partial charge in [0.2, 0.25) is 0 Å². The number of nitrogens with one attached hydrogen (secondary N) is 1. The maximum atomic E-state index is 7.41. The van der Waals surface area contributed by atoms with E-state index in [1.807, 2.05) is 48.5 Å². The van der Waals surface area contributed by atoms with Crippen LogP contribution in [-0.2, 0) is 18.0 Å². The quantitative estimate of drug-likeness (QED) is 0.626. The molecule has 0 aromatic heterocycles. The molecule has 4 nitrogen and oxygen atoms in total. The van der Waals surface area contributed by atoms with E-state index in [0.717, 1.165) is 16.9 Å². The van der Waals surface area contributed by atoms with Crippen LogP contribution in [0.4, 0.5) is 0 Å². The Morgan fingerprint density at radius 3 is 2.35 bits per heavy atom. The molecule has 0 saturated carbocycles. The molecule has 104 valence electrons. The van der Waals surface area contributed by atoms with E-state index in [2.05, 4.69) is 0 Å². The summed E-state index contributed by atoms with van der Waals surface area (Å²) >= 11 is 0. The van der Waals surface area contributed by atoms with E-state index in [9.17, 15) is 0 Å². The zero-order valence-electron chi connectivity index (χ0n) is 11.4. The highest BCUT2D eigenvalue weighted by Crippen LogP contribution is 2.14. The van der Waals surface area contributed by atoms with E-state index in [0.29, 0.717) is 18.8 Å². The van der Waals surface area contributed by atoms with Crippen LogP contribution in [0.2, 0.25) is 0 Å². The molecule has 0 fully saturated rings. The van der Waals surface area contributed by atoms with Gasteiger partial charge in [-0.05, 0) is 29.3 Å². The van der Waals surface area contributed by atoms with E-state index in [-0.39, 0.29) is 5.84 Å². The van der Waals surface area contributed by atoms with Crippen LogP contribution in [-0.4, -0.2) is 12.9 Å². The highest BCUT2D eigenvalue weighted by atomic mass is 16.5. The molecule has 0 spiro atoms. The van der Waals surface area contributed by atoms with Crippen molar-refractivity contribution in [3.8, 4) is 5.75 Å². The molecule has 0 bridgehead atoms. The van der Waals surface area contributed by atoms with Crippen molar-refractivity contribution < 1.29 is 9.47 Å². The third-order valence-electron chi connectivity index (χ3n) is 2.91. The third-order valence-corrected chi connectivity index (χ3v) is 2.91. The molecule has 2 aromatic carbocycles. The number of nitrogens with two attached hydrogens (primary N) is 1. The van der Waals surface area contributed by atoms with E-state index >= 15 is 0 Å². The number of hydrogen-bond acceptors (Lipinski definition) is 3. The largest absolute Gasteiger partial charge is 0.497 e.